The zero-order valence-corrected chi connectivity index (χ0v) is 12.7. The summed E-state index contributed by atoms with van der Waals surface area (Å²) in [5.41, 5.74) is 2.06. The maximum Gasteiger partial charge on any atom is 0.176 e. The molecule has 0 saturated carbocycles. The average Bonchev–Trinajstić information content (AvgIpc) is 3.00. The van der Waals surface area contributed by atoms with Crippen LogP contribution in [0.2, 0.25) is 0 Å². The molecule has 0 bridgehead atoms. The normalized spacial score (nSPS) is 11.3. The first-order valence-electron chi connectivity index (χ1n) is 6.17. The van der Waals surface area contributed by atoms with Crippen LogP contribution in [-0.2, 0) is 6.54 Å². The predicted octanol–water partition coefficient (Wildman–Crippen LogP) is 2.23. The minimum Gasteiger partial charge on any atom is -0.311 e. The van der Waals surface area contributed by atoms with E-state index in [1.165, 1.54) is 0 Å². The Morgan fingerprint density at radius 3 is 3.00 bits per heavy atom. The van der Waals surface area contributed by atoms with E-state index in [0.717, 1.165) is 33.8 Å². The van der Waals surface area contributed by atoms with Crippen molar-refractivity contribution in [3.8, 4) is 5.82 Å². The molecule has 0 amide bonds. The van der Waals surface area contributed by atoms with Crippen molar-refractivity contribution >= 4 is 28.2 Å². The molecule has 98 valence electrons. The van der Waals surface area contributed by atoms with Crippen molar-refractivity contribution < 1.29 is 0 Å². The van der Waals surface area contributed by atoms with E-state index in [1.807, 2.05) is 41.5 Å². The quantitative estimate of drug-likeness (QED) is 0.720. The fourth-order valence-electron chi connectivity index (χ4n) is 2.04. The van der Waals surface area contributed by atoms with Gasteiger partial charge in [-0.05, 0) is 41.3 Å². The first-order valence-corrected chi connectivity index (χ1v) is 7.24. The van der Waals surface area contributed by atoms with Gasteiger partial charge in [-0.3, -0.25) is 0 Å². The van der Waals surface area contributed by atoms with Gasteiger partial charge in [-0.15, -0.1) is 0 Å². The number of aromatic nitrogens is 4. The number of hydrogen-bond acceptors (Lipinski definition) is 3. The number of fused-ring (bicyclic) bond motifs is 1. The zero-order valence-electron chi connectivity index (χ0n) is 10.5. The molecule has 0 spiro atoms. The summed E-state index contributed by atoms with van der Waals surface area (Å²) in [6, 6.07) is 6.02. The van der Waals surface area contributed by atoms with Gasteiger partial charge >= 0.3 is 0 Å². The summed E-state index contributed by atoms with van der Waals surface area (Å²) >= 11 is 2.25. The molecule has 3 heterocycles. The van der Waals surface area contributed by atoms with Crippen LogP contribution >= 0.6 is 22.6 Å². The predicted molar refractivity (Wildman–Crippen MR) is 82.4 cm³/mol. The molecule has 19 heavy (non-hydrogen) atoms. The van der Waals surface area contributed by atoms with Crippen LogP contribution in [0.4, 0.5) is 0 Å². The summed E-state index contributed by atoms with van der Waals surface area (Å²) in [7, 11) is 0. The molecule has 0 fully saturated rings. The molecule has 6 heteroatoms. The summed E-state index contributed by atoms with van der Waals surface area (Å²) in [4.78, 5) is 4.67. The third kappa shape index (κ3) is 2.37. The lowest BCUT2D eigenvalue weighted by atomic mass is 10.4. The van der Waals surface area contributed by atoms with Crippen molar-refractivity contribution in [3.63, 3.8) is 0 Å². The Hall–Kier alpha value is -1.41. The Kier molecular flexibility index (Phi) is 3.52. The van der Waals surface area contributed by atoms with Gasteiger partial charge in [-0.25, -0.2) is 9.67 Å². The minimum atomic E-state index is 0.771. The summed E-state index contributed by atoms with van der Waals surface area (Å²) in [6.45, 7) is 3.79. The Bertz CT molecular complexity index is 700. The van der Waals surface area contributed by atoms with E-state index in [1.54, 1.807) is 0 Å². The molecule has 0 aliphatic carbocycles. The number of pyridine rings is 1. The largest absolute Gasteiger partial charge is 0.311 e. The van der Waals surface area contributed by atoms with E-state index in [-0.39, 0.29) is 0 Å². The highest BCUT2D eigenvalue weighted by Crippen LogP contribution is 2.17. The fourth-order valence-corrected chi connectivity index (χ4v) is 2.43. The van der Waals surface area contributed by atoms with Gasteiger partial charge in [-0.1, -0.05) is 13.0 Å². The van der Waals surface area contributed by atoms with E-state index in [2.05, 4.69) is 49.3 Å². The summed E-state index contributed by atoms with van der Waals surface area (Å²) in [6.07, 6.45) is 5.85. The number of nitrogens with zero attached hydrogens (tertiary/aromatic N) is 4. The second kappa shape index (κ2) is 5.30. The van der Waals surface area contributed by atoms with Gasteiger partial charge < -0.3 is 9.72 Å². The highest BCUT2D eigenvalue weighted by atomic mass is 127. The fraction of sp³-hybridized carbons (Fsp3) is 0.231. The van der Waals surface area contributed by atoms with Crippen molar-refractivity contribution in [2.24, 2.45) is 0 Å². The Balaban J connectivity index is 2.16. The van der Waals surface area contributed by atoms with Crippen LogP contribution in [0, 0.1) is 3.57 Å². The van der Waals surface area contributed by atoms with Gasteiger partial charge in [-0.2, -0.15) is 5.10 Å². The van der Waals surface area contributed by atoms with Gasteiger partial charge in [0.15, 0.2) is 5.82 Å². The lowest BCUT2D eigenvalue weighted by Gasteiger charge is -2.05. The number of halogens is 1. The van der Waals surface area contributed by atoms with Crippen LogP contribution in [-0.4, -0.2) is 25.7 Å². The Morgan fingerprint density at radius 1 is 1.37 bits per heavy atom. The summed E-state index contributed by atoms with van der Waals surface area (Å²) < 4.78 is 5.04. The first-order chi connectivity index (χ1) is 9.29. The maximum absolute atomic E-state index is 4.67. The second-order valence-electron chi connectivity index (χ2n) is 4.19. The number of nitrogens with one attached hydrogen (secondary N) is 1. The molecule has 0 aliphatic rings. The van der Waals surface area contributed by atoms with Crippen LogP contribution in [0.15, 0.2) is 36.8 Å². The van der Waals surface area contributed by atoms with Crippen molar-refractivity contribution in [3.05, 3.63) is 46.1 Å². The molecule has 0 aromatic carbocycles. The Morgan fingerprint density at radius 2 is 2.26 bits per heavy atom. The summed E-state index contributed by atoms with van der Waals surface area (Å²) in [5.74, 6) is 0.884. The lowest BCUT2D eigenvalue weighted by molar-refractivity contribution is 0.694. The first kappa shape index (κ1) is 12.6. The molecule has 5 nitrogen and oxygen atoms in total. The van der Waals surface area contributed by atoms with Crippen LogP contribution in [0.5, 0.6) is 0 Å². The molecular formula is C13H14IN5. The van der Waals surface area contributed by atoms with Crippen molar-refractivity contribution in [2.75, 3.05) is 6.54 Å². The molecule has 0 saturated heterocycles. The van der Waals surface area contributed by atoms with Crippen molar-refractivity contribution in [1.82, 2.24) is 24.5 Å². The van der Waals surface area contributed by atoms with E-state index in [0.29, 0.717) is 0 Å². The smallest absolute Gasteiger partial charge is 0.176 e. The lowest BCUT2D eigenvalue weighted by Crippen LogP contribution is -2.15. The summed E-state index contributed by atoms with van der Waals surface area (Å²) in [5, 5.41) is 7.71. The minimum absolute atomic E-state index is 0.771. The van der Waals surface area contributed by atoms with E-state index < -0.39 is 0 Å². The van der Waals surface area contributed by atoms with Crippen molar-refractivity contribution in [2.45, 2.75) is 13.5 Å². The number of rotatable bonds is 4. The van der Waals surface area contributed by atoms with E-state index in [4.69, 9.17) is 0 Å². The molecule has 3 rings (SSSR count). The van der Waals surface area contributed by atoms with Crippen LogP contribution in [0.25, 0.3) is 11.5 Å². The highest BCUT2D eigenvalue weighted by molar-refractivity contribution is 14.1. The third-order valence-electron chi connectivity index (χ3n) is 2.92. The van der Waals surface area contributed by atoms with Gasteiger partial charge in [0.2, 0.25) is 0 Å². The molecule has 3 aromatic heterocycles. The van der Waals surface area contributed by atoms with E-state index >= 15 is 0 Å². The number of imidazole rings is 1. The SMILES string of the molecule is CCNCc1c(-n2cc(I)cn2)nc2ccccn12. The van der Waals surface area contributed by atoms with Gasteiger partial charge in [0.25, 0.3) is 0 Å². The Labute approximate surface area is 124 Å². The molecule has 0 aliphatic heterocycles. The van der Waals surface area contributed by atoms with Crippen LogP contribution in [0.1, 0.15) is 12.6 Å². The van der Waals surface area contributed by atoms with Crippen LogP contribution < -0.4 is 5.32 Å². The standard InChI is InChI=1S/C13H14IN5/c1-2-15-8-11-13(19-9-10(14)7-16-19)17-12-5-3-4-6-18(11)12/h3-7,9,15H,2,8H2,1H3. The molecule has 3 aromatic rings. The maximum atomic E-state index is 4.67. The van der Waals surface area contributed by atoms with Gasteiger partial charge in [0.05, 0.1) is 15.5 Å². The van der Waals surface area contributed by atoms with Crippen molar-refractivity contribution in [1.29, 1.82) is 0 Å². The third-order valence-corrected chi connectivity index (χ3v) is 3.48. The van der Waals surface area contributed by atoms with Gasteiger partial charge in [0, 0.05) is 18.9 Å². The van der Waals surface area contributed by atoms with E-state index in [9.17, 15) is 0 Å². The topological polar surface area (TPSA) is 47.2 Å². The average molecular weight is 367 g/mol. The second-order valence-corrected chi connectivity index (χ2v) is 5.44. The zero-order chi connectivity index (χ0) is 13.2. The number of hydrogen-bond donors (Lipinski definition) is 1. The highest BCUT2D eigenvalue weighted by Gasteiger charge is 2.13. The molecule has 0 atom stereocenters. The monoisotopic (exact) mass is 367 g/mol. The molecular weight excluding hydrogens is 353 g/mol. The molecule has 0 radical (unpaired) electrons. The van der Waals surface area contributed by atoms with Gasteiger partial charge in [0.1, 0.15) is 5.65 Å². The van der Waals surface area contributed by atoms with Crippen LogP contribution in [0.3, 0.4) is 0 Å². The molecule has 0 unspecified atom stereocenters. The molecule has 1 N–H and O–H groups in total.